The summed E-state index contributed by atoms with van der Waals surface area (Å²) in [6.45, 7) is 1.16. The second-order valence-electron chi connectivity index (χ2n) is 6.53. The SMILES string of the molecule is COc1cc(/C=C/C(=O)NCc2ccc(Cn3cccn3)cc2)cc(OC)c1OC. The lowest BCUT2D eigenvalue weighted by atomic mass is 10.1. The molecule has 0 aliphatic heterocycles. The van der Waals surface area contributed by atoms with Crippen molar-refractivity contribution in [3.63, 3.8) is 0 Å². The zero-order valence-corrected chi connectivity index (χ0v) is 17.3. The maximum Gasteiger partial charge on any atom is 0.244 e. The first-order valence-electron chi connectivity index (χ1n) is 9.44. The number of aromatic nitrogens is 2. The van der Waals surface area contributed by atoms with Crippen molar-refractivity contribution < 1.29 is 19.0 Å². The van der Waals surface area contributed by atoms with Crippen molar-refractivity contribution in [2.24, 2.45) is 0 Å². The summed E-state index contributed by atoms with van der Waals surface area (Å²) in [6, 6.07) is 13.5. The van der Waals surface area contributed by atoms with Crippen LogP contribution in [-0.4, -0.2) is 37.0 Å². The normalized spacial score (nSPS) is 10.8. The molecule has 0 spiro atoms. The molecule has 1 N–H and O–H groups in total. The van der Waals surface area contributed by atoms with Gasteiger partial charge in [0.05, 0.1) is 27.9 Å². The Kier molecular flexibility index (Phi) is 7.10. The van der Waals surface area contributed by atoms with Gasteiger partial charge in [0.1, 0.15) is 0 Å². The fourth-order valence-electron chi connectivity index (χ4n) is 2.96. The van der Waals surface area contributed by atoms with Crippen LogP contribution in [0.2, 0.25) is 0 Å². The monoisotopic (exact) mass is 407 g/mol. The predicted molar refractivity (Wildman–Crippen MR) is 115 cm³/mol. The third-order valence-electron chi connectivity index (χ3n) is 4.51. The lowest BCUT2D eigenvalue weighted by molar-refractivity contribution is -0.116. The molecule has 0 fully saturated rings. The van der Waals surface area contributed by atoms with E-state index in [1.807, 2.05) is 41.2 Å². The van der Waals surface area contributed by atoms with Crippen LogP contribution >= 0.6 is 0 Å². The molecule has 2 aromatic carbocycles. The van der Waals surface area contributed by atoms with E-state index in [-0.39, 0.29) is 5.91 Å². The fraction of sp³-hybridized carbons (Fsp3) is 0.217. The zero-order chi connectivity index (χ0) is 21.3. The van der Waals surface area contributed by atoms with Gasteiger partial charge in [-0.1, -0.05) is 24.3 Å². The first-order chi connectivity index (χ1) is 14.6. The molecule has 0 saturated carbocycles. The van der Waals surface area contributed by atoms with E-state index < -0.39 is 0 Å². The smallest absolute Gasteiger partial charge is 0.244 e. The summed E-state index contributed by atoms with van der Waals surface area (Å²) < 4.78 is 17.8. The van der Waals surface area contributed by atoms with Gasteiger partial charge in [0.15, 0.2) is 11.5 Å². The minimum atomic E-state index is -0.190. The summed E-state index contributed by atoms with van der Waals surface area (Å²) in [5, 5.41) is 7.08. The van der Waals surface area contributed by atoms with Gasteiger partial charge in [-0.15, -0.1) is 0 Å². The third kappa shape index (κ3) is 5.41. The van der Waals surface area contributed by atoms with E-state index in [0.29, 0.717) is 23.8 Å². The standard InChI is InChI=1S/C23H25N3O4/c1-28-20-13-19(14-21(29-2)23(20)30-3)9-10-22(27)24-15-17-5-7-18(8-6-17)16-26-12-4-11-25-26/h4-14H,15-16H2,1-3H3,(H,24,27)/b10-9+. The summed E-state index contributed by atoms with van der Waals surface area (Å²) in [4.78, 5) is 12.2. The Hall–Kier alpha value is -3.74. The van der Waals surface area contributed by atoms with Crippen LogP contribution in [-0.2, 0) is 17.9 Å². The third-order valence-corrected chi connectivity index (χ3v) is 4.51. The van der Waals surface area contributed by atoms with Gasteiger partial charge in [-0.25, -0.2) is 0 Å². The van der Waals surface area contributed by atoms with Crippen LogP contribution in [0.25, 0.3) is 6.08 Å². The van der Waals surface area contributed by atoms with Gasteiger partial charge >= 0.3 is 0 Å². The minimum Gasteiger partial charge on any atom is -0.493 e. The van der Waals surface area contributed by atoms with E-state index in [4.69, 9.17) is 14.2 Å². The molecular weight excluding hydrogens is 382 g/mol. The van der Waals surface area contributed by atoms with Crippen LogP contribution in [0.1, 0.15) is 16.7 Å². The lowest BCUT2D eigenvalue weighted by Gasteiger charge is -2.12. The molecule has 0 radical (unpaired) electrons. The van der Waals surface area contributed by atoms with E-state index in [0.717, 1.165) is 23.2 Å². The van der Waals surface area contributed by atoms with Gasteiger partial charge < -0.3 is 19.5 Å². The number of methoxy groups -OCH3 is 3. The summed E-state index contributed by atoms with van der Waals surface area (Å²) >= 11 is 0. The van der Waals surface area contributed by atoms with Gasteiger partial charge in [0.2, 0.25) is 11.7 Å². The first kappa shape index (κ1) is 21.0. The Balaban J connectivity index is 1.57. The maximum absolute atomic E-state index is 12.2. The summed E-state index contributed by atoms with van der Waals surface area (Å²) in [6.07, 6.45) is 6.86. The van der Waals surface area contributed by atoms with E-state index >= 15 is 0 Å². The molecule has 1 aromatic heterocycles. The zero-order valence-electron chi connectivity index (χ0n) is 17.3. The number of hydrogen-bond donors (Lipinski definition) is 1. The van der Waals surface area contributed by atoms with E-state index in [2.05, 4.69) is 10.4 Å². The Morgan fingerprint density at radius 2 is 1.70 bits per heavy atom. The van der Waals surface area contributed by atoms with Crippen LogP contribution in [0, 0.1) is 0 Å². The van der Waals surface area contributed by atoms with Crippen molar-refractivity contribution in [2.75, 3.05) is 21.3 Å². The number of benzene rings is 2. The molecule has 7 heteroatoms. The first-order valence-corrected chi connectivity index (χ1v) is 9.44. The van der Waals surface area contributed by atoms with E-state index in [9.17, 15) is 4.79 Å². The highest BCUT2D eigenvalue weighted by molar-refractivity contribution is 5.91. The second-order valence-corrected chi connectivity index (χ2v) is 6.53. The van der Waals surface area contributed by atoms with Crippen LogP contribution in [0.15, 0.2) is 60.9 Å². The predicted octanol–water partition coefficient (Wildman–Crippen LogP) is 3.29. The van der Waals surface area contributed by atoms with Crippen LogP contribution < -0.4 is 19.5 Å². The van der Waals surface area contributed by atoms with Crippen molar-refractivity contribution in [1.29, 1.82) is 0 Å². The molecule has 156 valence electrons. The molecule has 3 aromatic rings. The number of nitrogens with zero attached hydrogens (tertiary/aromatic N) is 2. The van der Waals surface area contributed by atoms with Crippen LogP contribution in [0.4, 0.5) is 0 Å². The molecule has 30 heavy (non-hydrogen) atoms. The summed E-state index contributed by atoms with van der Waals surface area (Å²) in [5.41, 5.74) is 2.94. The van der Waals surface area contributed by atoms with Gasteiger partial charge in [-0.05, 0) is 41.0 Å². The largest absolute Gasteiger partial charge is 0.493 e. The number of hydrogen-bond acceptors (Lipinski definition) is 5. The number of rotatable bonds is 9. The fourth-order valence-corrected chi connectivity index (χ4v) is 2.96. The highest BCUT2D eigenvalue weighted by atomic mass is 16.5. The molecule has 0 bridgehead atoms. The van der Waals surface area contributed by atoms with Crippen molar-refractivity contribution in [1.82, 2.24) is 15.1 Å². The van der Waals surface area contributed by atoms with E-state index in [1.54, 1.807) is 45.7 Å². The number of carbonyl (C=O) groups excluding carboxylic acids is 1. The molecule has 0 unspecified atom stereocenters. The quantitative estimate of drug-likeness (QED) is 0.551. The van der Waals surface area contributed by atoms with Crippen LogP contribution in [0.3, 0.4) is 0 Å². The molecule has 7 nitrogen and oxygen atoms in total. The van der Waals surface area contributed by atoms with E-state index in [1.165, 1.54) is 6.08 Å². The van der Waals surface area contributed by atoms with Crippen molar-refractivity contribution in [2.45, 2.75) is 13.1 Å². The number of nitrogens with one attached hydrogen (secondary N) is 1. The van der Waals surface area contributed by atoms with Crippen LogP contribution in [0.5, 0.6) is 17.2 Å². The van der Waals surface area contributed by atoms with Gasteiger partial charge in [-0.2, -0.15) is 5.10 Å². The average molecular weight is 407 g/mol. The van der Waals surface area contributed by atoms with Crippen molar-refractivity contribution in [3.8, 4) is 17.2 Å². The molecular formula is C23H25N3O4. The lowest BCUT2D eigenvalue weighted by Crippen LogP contribution is -2.20. The molecule has 3 rings (SSSR count). The Morgan fingerprint density at radius 3 is 2.27 bits per heavy atom. The minimum absolute atomic E-state index is 0.190. The number of carbonyl (C=O) groups is 1. The highest BCUT2D eigenvalue weighted by Crippen LogP contribution is 2.38. The molecule has 0 aliphatic rings. The molecule has 0 aliphatic carbocycles. The maximum atomic E-state index is 12.2. The summed E-state index contributed by atoms with van der Waals surface area (Å²) in [5.74, 6) is 1.39. The van der Waals surface area contributed by atoms with Gasteiger partial charge in [0.25, 0.3) is 0 Å². The van der Waals surface area contributed by atoms with Gasteiger partial charge in [0, 0.05) is 25.0 Å². The summed E-state index contributed by atoms with van der Waals surface area (Å²) in [7, 11) is 4.66. The average Bonchev–Trinajstić information content (AvgIpc) is 3.29. The Bertz CT molecular complexity index is 971. The Labute approximate surface area is 175 Å². The topological polar surface area (TPSA) is 74.6 Å². The van der Waals surface area contributed by atoms with Gasteiger partial charge in [-0.3, -0.25) is 9.48 Å². The molecule has 0 saturated heterocycles. The van der Waals surface area contributed by atoms with Crippen molar-refractivity contribution in [3.05, 3.63) is 77.6 Å². The molecule has 1 amide bonds. The number of ether oxygens (including phenoxy) is 3. The molecule has 1 heterocycles. The number of amides is 1. The molecule has 0 atom stereocenters. The second kappa shape index (κ2) is 10.2. The van der Waals surface area contributed by atoms with Crippen molar-refractivity contribution >= 4 is 12.0 Å². The Morgan fingerprint density at radius 1 is 1.03 bits per heavy atom. The highest BCUT2D eigenvalue weighted by Gasteiger charge is 2.12.